The molecule has 4 rings (SSSR count). The fourth-order valence-electron chi connectivity index (χ4n) is 4.82. The molecule has 1 N–H and O–H groups in total. The Hall–Kier alpha value is -2.72. The van der Waals surface area contributed by atoms with Gasteiger partial charge in [-0.05, 0) is 44.6 Å². The molecule has 1 amide bonds. The first-order valence-corrected chi connectivity index (χ1v) is 12.8. The Morgan fingerprint density at radius 3 is 2.38 bits per heavy atom. The van der Waals surface area contributed by atoms with Gasteiger partial charge in [0.05, 0.1) is 55.1 Å². The molecule has 2 saturated heterocycles. The molecule has 200 valence electrons. The molecule has 2 aliphatic rings. The van der Waals surface area contributed by atoms with Crippen molar-refractivity contribution in [2.75, 3.05) is 13.7 Å². The number of aromatic amines is 1. The van der Waals surface area contributed by atoms with Crippen molar-refractivity contribution in [1.82, 2.24) is 14.9 Å². The first-order chi connectivity index (χ1) is 17.3. The number of nitrogens with one attached hydrogen (secondary N) is 1. The van der Waals surface area contributed by atoms with Gasteiger partial charge in [0.1, 0.15) is 12.0 Å². The predicted molar refractivity (Wildman–Crippen MR) is 139 cm³/mol. The van der Waals surface area contributed by atoms with Crippen molar-refractivity contribution in [2.45, 2.75) is 77.8 Å². The number of carbonyl (C=O) groups is 2. The van der Waals surface area contributed by atoms with E-state index in [1.807, 2.05) is 65.8 Å². The van der Waals surface area contributed by atoms with Gasteiger partial charge in [-0.3, -0.25) is 9.59 Å². The number of halogens is 1. The van der Waals surface area contributed by atoms with Crippen LogP contribution in [0.25, 0.3) is 11.3 Å². The molecule has 0 bridgehead atoms. The Morgan fingerprint density at radius 2 is 1.81 bits per heavy atom. The van der Waals surface area contributed by atoms with E-state index in [1.165, 1.54) is 12.0 Å². The van der Waals surface area contributed by atoms with Gasteiger partial charge < -0.3 is 23.9 Å². The van der Waals surface area contributed by atoms with E-state index in [2.05, 4.69) is 9.97 Å². The summed E-state index contributed by atoms with van der Waals surface area (Å²) in [6.45, 7) is 11.8. The summed E-state index contributed by atoms with van der Waals surface area (Å²) in [7, 11) is 0.849. The highest BCUT2D eigenvalue weighted by Gasteiger charge is 2.51. The number of methoxy groups -OCH3 is 1. The number of aromatic nitrogens is 2. The van der Waals surface area contributed by atoms with Crippen LogP contribution in [0.4, 0.5) is 4.39 Å². The summed E-state index contributed by atoms with van der Waals surface area (Å²) in [5.74, 6) is -0.865. The molecule has 37 heavy (non-hydrogen) atoms. The number of likely N-dealkylation sites (tertiary alicyclic amines) is 1. The lowest BCUT2D eigenvalue weighted by atomic mass is 9.79. The van der Waals surface area contributed by atoms with Crippen LogP contribution in [0.2, 0.25) is 0 Å². The minimum atomic E-state index is -1.16. The van der Waals surface area contributed by atoms with Crippen molar-refractivity contribution in [3.8, 4) is 11.3 Å². The molecular formula is C27H37BFN3O5. The van der Waals surface area contributed by atoms with Crippen LogP contribution in [0.1, 0.15) is 66.3 Å². The lowest BCUT2D eigenvalue weighted by Crippen LogP contribution is -2.41. The van der Waals surface area contributed by atoms with Crippen molar-refractivity contribution in [2.24, 2.45) is 11.8 Å². The molecule has 0 aliphatic carbocycles. The van der Waals surface area contributed by atoms with Crippen LogP contribution in [0.3, 0.4) is 0 Å². The molecule has 0 saturated carbocycles. The summed E-state index contributed by atoms with van der Waals surface area (Å²) in [6.07, 6.45) is 0.656. The van der Waals surface area contributed by atoms with Crippen molar-refractivity contribution in [1.29, 1.82) is 0 Å². The van der Waals surface area contributed by atoms with Crippen LogP contribution in [-0.4, -0.2) is 64.9 Å². The van der Waals surface area contributed by atoms with Gasteiger partial charge in [0.2, 0.25) is 5.91 Å². The second-order valence-electron chi connectivity index (χ2n) is 11.4. The Bertz CT molecular complexity index is 1120. The SMILES string of the molecule is COC(=O)C[C@H](C(=O)N1C[C@H](F)C[C@H]1c1ncc(-c2ccc(B3OC(C)(C)C(C)(C)O3)cc2)[nH]1)C(C)C. The monoisotopic (exact) mass is 513 g/mol. The van der Waals surface area contributed by atoms with Crippen LogP contribution in [0, 0.1) is 11.8 Å². The third kappa shape index (κ3) is 5.45. The summed E-state index contributed by atoms with van der Waals surface area (Å²) in [4.78, 5) is 34.6. The molecule has 1 aromatic heterocycles. The highest BCUT2D eigenvalue weighted by molar-refractivity contribution is 6.62. The summed E-state index contributed by atoms with van der Waals surface area (Å²) < 4.78 is 31.6. The summed E-state index contributed by atoms with van der Waals surface area (Å²) >= 11 is 0. The maximum Gasteiger partial charge on any atom is 0.494 e. The van der Waals surface area contributed by atoms with Crippen molar-refractivity contribution in [3.05, 3.63) is 36.3 Å². The van der Waals surface area contributed by atoms with Gasteiger partial charge in [0.25, 0.3) is 0 Å². The second-order valence-corrected chi connectivity index (χ2v) is 11.4. The molecule has 10 heteroatoms. The zero-order valence-corrected chi connectivity index (χ0v) is 22.7. The molecule has 2 aliphatic heterocycles. The summed E-state index contributed by atoms with van der Waals surface area (Å²) in [6, 6.07) is 7.30. The van der Waals surface area contributed by atoms with E-state index in [9.17, 15) is 14.0 Å². The van der Waals surface area contributed by atoms with E-state index < -0.39 is 42.4 Å². The van der Waals surface area contributed by atoms with Crippen LogP contribution in [0.15, 0.2) is 30.5 Å². The largest absolute Gasteiger partial charge is 0.494 e. The standard InChI is InChI=1S/C27H37BFN3O5/c1-16(2)20(13-23(33)35-7)25(34)32-15-19(29)12-22(32)24-30-14-21(31-24)17-8-10-18(11-9-17)28-36-26(3,4)27(5,6)37-28/h8-11,14,16,19-20,22H,12-13,15H2,1-7H3,(H,30,31)/t19-,20+,22+/m1/s1. The average molecular weight is 513 g/mol. The molecule has 3 atom stereocenters. The first kappa shape index (κ1) is 27.3. The second kappa shape index (κ2) is 10.2. The smallest absolute Gasteiger partial charge is 0.469 e. The number of hydrogen-bond donors (Lipinski definition) is 1. The fraction of sp³-hybridized carbons (Fsp3) is 0.593. The van der Waals surface area contributed by atoms with Gasteiger partial charge in [-0.15, -0.1) is 0 Å². The van der Waals surface area contributed by atoms with E-state index in [0.717, 1.165) is 16.7 Å². The van der Waals surface area contributed by atoms with E-state index in [0.29, 0.717) is 5.82 Å². The van der Waals surface area contributed by atoms with E-state index in [-0.39, 0.29) is 31.2 Å². The van der Waals surface area contributed by atoms with Crippen molar-refractivity contribution < 1.29 is 28.0 Å². The van der Waals surface area contributed by atoms with Gasteiger partial charge in [0, 0.05) is 6.42 Å². The zero-order chi connectivity index (χ0) is 27.1. The average Bonchev–Trinajstić information content (AvgIpc) is 3.52. The van der Waals surface area contributed by atoms with Crippen molar-refractivity contribution >= 4 is 24.5 Å². The van der Waals surface area contributed by atoms with Gasteiger partial charge in [-0.2, -0.15) is 0 Å². The lowest BCUT2D eigenvalue weighted by Gasteiger charge is -2.32. The topological polar surface area (TPSA) is 93.8 Å². The van der Waals surface area contributed by atoms with Gasteiger partial charge >= 0.3 is 13.1 Å². The molecular weight excluding hydrogens is 476 g/mol. The van der Waals surface area contributed by atoms with Gasteiger partial charge in [-0.1, -0.05) is 38.1 Å². The number of ether oxygens (including phenoxy) is 1. The molecule has 0 radical (unpaired) electrons. The Morgan fingerprint density at radius 1 is 1.19 bits per heavy atom. The number of H-pyrrole nitrogens is 1. The third-order valence-corrected chi connectivity index (χ3v) is 7.93. The van der Waals surface area contributed by atoms with E-state index >= 15 is 0 Å². The third-order valence-electron chi connectivity index (χ3n) is 7.93. The van der Waals surface area contributed by atoms with E-state index in [4.69, 9.17) is 14.0 Å². The number of benzene rings is 1. The number of rotatable bonds is 7. The Kier molecular flexibility index (Phi) is 7.54. The number of nitrogens with zero attached hydrogens (tertiary/aromatic N) is 2. The number of esters is 1. The normalized spacial score (nSPS) is 23.5. The number of imidazole rings is 1. The van der Waals surface area contributed by atoms with Gasteiger partial charge in [-0.25, -0.2) is 9.37 Å². The van der Waals surface area contributed by atoms with Crippen LogP contribution >= 0.6 is 0 Å². The first-order valence-electron chi connectivity index (χ1n) is 12.8. The quantitative estimate of drug-likeness (QED) is 0.447. The molecule has 3 heterocycles. The number of amides is 1. The highest BCUT2D eigenvalue weighted by atomic mass is 19.1. The van der Waals surface area contributed by atoms with Crippen LogP contribution < -0.4 is 5.46 Å². The summed E-state index contributed by atoms with van der Waals surface area (Å²) in [5, 5.41) is 0. The zero-order valence-electron chi connectivity index (χ0n) is 22.7. The number of hydrogen-bond acceptors (Lipinski definition) is 6. The fourth-order valence-corrected chi connectivity index (χ4v) is 4.82. The minimum Gasteiger partial charge on any atom is -0.469 e. The molecule has 2 fully saturated rings. The van der Waals surface area contributed by atoms with Gasteiger partial charge in [0.15, 0.2) is 0 Å². The van der Waals surface area contributed by atoms with Crippen molar-refractivity contribution in [3.63, 3.8) is 0 Å². The predicted octanol–water partition coefficient (Wildman–Crippen LogP) is 3.82. The molecule has 8 nitrogen and oxygen atoms in total. The Balaban J connectivity index is 1.51. The number of carbonyl (C=O) groups excluding carboxylic acids is 2. The van der Waals surface area contributed by atoms with Crippen LogP contribution in [-0.2, 0) is 23.6 Å². The Labute approximate surface area is 218 Å². The maximum absolute atomic E-state index is 14.5. The highest BCUT2D eigenvalue weighted by Crippen LogP contribution is 2.37. The minimum absolute atomic E-state index is 0.0211. The van der Waals surface area contributed by atoms with Crippen LogP contribution in [0.5, 0.6) is 0 Å². The van der Waals surface area contributed by atoms with E-state index in [1.54, 1.807) is 6.20 Å². The maximum atomic E-state index is 14.5. The lowest BCUT2D eigenvalue weighted by molar-refractivity contribution is -0.148. The number of alkyl halides is 1. The molecule has 1 aromatic carbocycles. The molecule has 0 unspecified atom stereocenters. The molecule has 0 spiro atoms. The molecule has 2 aromatic rings. The summed E-state index contributed by atoms with van der Waals surface area (Å²) in [5.41, 5.74) is 1.75.